The molecule has 0 radical (unpaired) electrons. The number of nitrogens with zero attached hydrogens (tertiary/aromatic N) is 6. The van der Waals surface area contributed by atoms with Crippen molar-refractivity contribution in [3.8, 4) is 45.6 Å². The molecule has 3 aromatic heterocycles. The maximum atomic E-state index is 5.90. The van der Waals surface area contributed by atoms with Gasteiger partial charge in [0, 0.05) is 65.1 Å². The molecule has 6 heterocycles. The van der Waals surface area contributed by atoms with E-state index < -0.39 is 0 Å². The van der Waals surface area contributed by atoms with E-state index in [0.717, 1.165) is 92.8 Å². The molecule has 0 atom stereocenters. The number of thioether (sulfide) groups is 2. The highest BCUT2D eigenvalue weighted by Crippen LogP contribution is 2.50. The molecule has 8 aromatic rings. The first-order chi connectivity index (χ1) is 37.5. The fraction of sp³-hybridized carbons (Fsp3) is 0.441. The number of benzene rings is 5. The molecular weight excluding hydrogens is 993 g/mol. The lowest BCUT2D eigenvalue weighted by Gasteiger charge is -2.24. The highest BCUT2D eigenvalue weighted by Gasteiger charge is 2.33. The molecule has 3 aliphatic heterocycles. The molecule has 8 nitrogen and oxygen atoms in total. The van der Waals surface area contributed by atoms with Gasteiger partial charge in [-0.1, -0.05) is 219 Å². The van der Waals surface area contributed by atoms with Gasteiger partial charge in [-0.3, -0.25) is 0 Å². The predicted molar refractivity (Wildman–Crippen MR) is 332 cm³/mol. The van der Waals surface area contributed by atoms with E-state index in [2.05, 4.69) is 165 Å². The van der Waals surface area contributed by atoms with Crippen LogP contribution in [0.25, 0.3) is 89.7 Å². The number of hydrogen-bond acceptors (Lipinski definition) is 8. The summed E-state index contributed by atoms with van der Waals surface area (Å²) in [6.45, 7) is 25.2. The summed E-state index contributed by atoms with van der Waals surface area (Å²) in [5, 5.41) is 4.40. The van der Waals surface area contributed by atoms with Gasteiger partial charge in [-0.15, -0.1) is 23.5 Å². The molecular formula is C68H80N8S2. The zero-order valence-electron chi connectivity index (χ0n) is 48.3. The van der Waals surface area contributed by atoms with E-state index in [4.69, 9.17) is 29.9 Å². The van der Waals surface area contributed by atoms with Crippen LogP contribution >= 0.6 is 23.5 Å². The van der Waals surface area contributed by atoms with Crippen LogP contribution in [-0.4, -0.2) is 39.9 Å². The monoisotopic (exact) mass is 1070 g/mol. The minimum absolute atomic E-state index is 0.190. The van der Waals surface area contributed by atoms with Gasteiger partial charge in [0.15, 0.2) is 23.3 Å². The molecule has 0 saturated carbocycles. The topological polar surface area (TPSA) is 109 Å². The van der Waals surface area contributed by atoms with E-state index in [-0.39, 0.29) is 16.2 Å². The summed E-state index contributed by atoms with van der Waals surface area (Å²) in [4.78, 5) is 44.8. The van der Waals surface area contributed by atoms with Crippen molar-refractivity contribution in [1.29, 1.82) is 0 Å². The average Bonchev–Trinajstić information content (AvgIpc) is 4.35. The van der Waals surface area contributed by atoms with Crippen LogP contribution in [-0.2, 0) is 40.6 Å². The summed E-state index contributed by atoms with van der Waals surface area (Å²) in [5.74, 6) is 4.48. The van der Waals surface area contributed by atoms with Crippen LogP contribution in [0, 0.1) is 0 Å². The van der Waals surface area contributed by atoms with Crippen molar-refractivity contribution in [2.75, 3.05) is 0 Å². The molecule has 2 N–H and O–H groups in total. The minimum Gasteiger partial charge on any atom is -0.324 e. The van der Waals surface area contributed by atoms with Crippen LogP contribution in [0.2, 0.25) is 0 Å². The van der Waals surface area contributed by atoms with E-state index >= 15 is 0 Å². The second-order valence-corrected chi connectivity index (χ2v) is 27.3. The van der Waals surface area contributed by atoms with Crippen molar-refractivity contribution in [1.82, 2.24) is 39.9 Å². The summed E-state index contributed by atoms with van der Waals surface area (Å²) in [7, 11) is 0. The van der Waals surface area contributed by atoms with Gasteiger partial charge in [-0.25, -0.2) is 29.9 Å². The van der Waals surface area contributed by atoms with Crippen molar-refractivity contribution in [3.05, 3.63) is 118 Å². The maximum Gasteiger partial charge on any atom is 0.165 e. The van der Waals surface area contributed by atoms with E-state index in [0.29, 0.717) is 23.3 Å². The first-order valence-corrected chi connectivity index (χ1v) is 31.3. The molecule has 0 spiro atoms. The molecule has 0 saturated heterocycles. The van der Waals surface area contributed by atoms with Crippen LogP contribution in [0.1, 0.15) is 192 Å². The summed E-state index contributed by atoms with van der Waals surface area (Å²) >= 11 is 4.08. The van der Waals surface area contributed by atoms with Gasteiger partial charge < -0.3 is 9.97 Å². The summed E-state index contributed by atoms with van der Waals surface area (Å²) < 4.78 is 0. The third kappa shape index (κ3) is 10.5. The summed E-state index contributed by atoms with van der Waals surface area (Å²) in [6, 6.07) is 28.9. The molecule has 5 aromatic carbocycles. The van der Waals surface area contributed by atoms with Crippen molar-refractivity contribution in [2.45, 2.75) is 204 Å². The van der Waals surface area contributed by atoms with Gasteiger partial charge in [-0.05, 0) is 80.9 Å². The Balaban J connectivity index is 1.32. The molecule has 404 valence electrons. The molecule has 8 bridgehead atoms. The summed E-state index contributed by atoms with van der Waals surface area (Å²) in [5.41, 5.74) is 15.7. The molecule has 78 heavy (non-hydrogen) atoms. The molecule has 3 aliphatic rings. The Morgan fingerprint density at radius 2 is 0.795 bits per heavy atom. The normalized spacial score (nSPS) is 13.6. The largest absolute Gasteiger partial charge is 0.324 e. The highest BCUT2D eigenvalue weighted by atomic mass is 32.2. The molecule has 11 rings (SSSR count). The first kappa shape index (κ1) is 54.1. The van der Waals surface area contributed by atoms with Gasteiger partial charge in [0.1, 0.15) is 22.6 Å². The highest BCUT2D eigenvalue weighted by molar-refractivity contribution is 8.01. The van der Waals surface area contributed by atoms with Crippen LogP contribution < -0.4 is 0 Å². The predicted octanol–water partition coefficient (Wildman–Crippen LogP) is 19.5. The van der Waals surface area contributed by atoms with Gasteiger partial charge in [0.2, 0.25) is 0 Å². The molecule has 0 aliphatic carbocycles. The minimum atomic E-state index is -0.208. The number of H-pyrrole nitrogens is 2. The number of unbranched alkanes of at least 4 members (excludes halogenated alkanes) is 10. The van der Waals surface area contributed by atoms with Crippen LogP contribution in [0.4, 0.5) is 0 Å². The lowest BCUT2D eigenvalue weighted by Crippen LogP contribution is -2.12. The fourth-order valence-corrected chi connectivity index (χ4v) is 15.0. The van der Waals surface area contributed by atoms with Crippen molar-refractivity contribution in [3.63, 3.8) is 0 Å². The maximum absolute atomic E-state index is 5.90. The van der Waals surface area contributed by atoms with Crippen LogP contribution in [0.3, 0.4) is 0 Å². The van der Waals surface area contributed by atoms with Crippen LogP contribution in [0.5, 0.6) is 0 Å². The molecule has 0 fully saturated rings. The smallest absolute Gasteiger partial charge is 0.165 e. The second kappa shape index (κ2) is 22.0. The van der Waals surface area contributed by atoms with Crippen LogP contribution in [0.15, 0.2) is 88.7 Å². The Hall–Kier alpha value is -5.84. The fourth-order valence-electron chi connectivity index (χ4n) is 12.3. The summed E-state index contributed by atoms with van der Waals surface area (Å²) in [6.07, 6.45) is 16.6. The quantitative estimate of drug-likeness (QED) is 0.104. The molecule has 0 unspecified atom stereocenters. The standard InChI is InChI=1S/C68H80N8S2/c1-12-14-16-18-20-22-31-43-54-55(44(32-23-21-19-17-15-13-2)57-56(43)77-39-41-29-24-25-30-42(41)40-78-57)65-75-63-53-47(35-28-38-50(53)68(9,10)11)59(73-63)71-61-51-45(33-26-36-48(51)66(3,4)5)58(69-61)70-62-52-46(60(72-62)74-64(54)76-65)34-27-37-49(52)67(6,7)8/h24-30,33-38H,12-23,31-32,39-40H2,1-11H3,(H2,69,70,71,72,73,74,75,76). The first-order valence-electron chi connectivity index (χ1n) is 29.3. The van der Waals surface area contributed by atoms with Gasteiger partial charge >= 0.3 is 0 Å². The third-order valence-corrected chi connectivity index (χ3v) is 18.8. The number of nitrogens with one attached hydrogen (secondary N) is 2. The Kier molecular flexibility index (Phi) is 15.3. The second-order valence-electron chi connectivity index (χ2n) is 25.3. The zero-order valence-corrected chi connectivity index (χ0v) is 50.0. The number of aryl methyl sites for hydroxylation is 2. The van der Waals surface area contributed by atoms with Gasteiger partial charge in [0.05, 0.1) is 0 Å². The molecule has 10 heteroatoms. The number of hydrogen-bond donors (Lipinski definition) is 2. The van der Waals surface area contributed by atoms with E-state index in [9.17, 15) is 0 Å². The van der Waals surface area contributed by atoms with Gasteiger partial charge in [0.25, 0.3) is 0 Å². The third-order valence-electron chi connectivity index (χ3n) is 16.3. The van der Waals surface area contributed by atoms with Crippen molar-refractivity contribution in [2.24, 2.45) is 0 Å². The number of fused-ring (bicyclic) bond motifs is 22. The zero-order chi connectivity index (χ0) is 54.5. The van der Waals surface area contributed by atoms with Crippen molar-refractivity contribution < 1.29 is 0 Å². The van der Waals surface area contributed by atoms with Crippen molar-refractivity contribution >= 4 is 67.7 Å². The Labute approximate surface area is 471 Å². The van der Waals surface area contributed by atoms with E-state index in [1.165, 1.54) is 124 Å². The van der Waals surface area contributed by atoms with E-state index in [1.807, 2.05) is 23.5 Å². The Morgan fingerprint density at radius 3 is 1.27 bits per heavy atom. The Morgan fingerprint density at radius 1 is 0.397 bits per heavy atom. The van der Waals surface area contributed by atoms with E-state index in [1.54, 1.807) is 0 Å². The number of aromatic nitrogens is 8. The SMILES string of the molecule is CCCCCCCCc1c2c(c(CCCCCCCC)c3c4nc5nc(nc6[nH]c(nc7nc(nc([nH]4)c13)-c1cccc(C(C)(C)C)c1-7)c1cccc(C(C)(C)C)c61)-c1cccc(C(C)(C)C)c1-5)SCc1ccccc1CS2. The number of aromatic amines is 2. The lowest BCUT2D eigenvalue weighted by atomic mass is 9.82. The molecule has 0 amide bonds. The van der Waals surface area contributed by atoms with Gasteiger partial charge in [-0.2, -0.15) is 0 Å². The Bertz CT molecular complexity index is 3750. The average molecular weight is 1070 g/mol. The lowest BCUT2D eigenvalue weighted by molar-refractivity contribution is 0.591. The number of rotatable bonds is 14.